The molecule has 0 N–H and O–H groups in total. The minimum absolute atomic E-state index is 0.138. The van der Waals surface area contributed by atoms with E-state index in [0.717, 1.165) is 18.5 Å². The molecule has 0 fully saturated rings. The van der Waals surface area contributed by atoms with E-state index in [1.807, 2.05) is 0 Å². The normalized spacial score (nSPS) is 11.3. The van der Waals surface area contributed by atoms with E-state index in [0.29, 0.717) is 6.42 Å². The first-order chi connectivity index (χ1) is 7.87. The molecular formula is C9H17NO6S. The highest BCUT2D eigenvalue weighted by Crippen LogP contribution is 2.04. The van der Waals surface area contributed by atoms with Crippen molar-refractivity contribution in [1.82, 2.24) is 4.31 Å². The lowest BCUT2D eigenvalue weighted by Crippen LogP contribution is -2.41. The second-order valence-corrected chi connectivity index (χ2v) is 5.32. The molecule has 0 saturated carbocycles. The number of hydrogen-bond donors (Lipinski definition) is 0. The van der Waals surface area contributed by atoms with Crippen molar-refractivity contribution in [2.24, 2.45) is 0 Å². The van der Waals surface area contributed by atoms with Gasteiger partial charge in [0.05, 0.1) is 20.0 Å². The minimum Gasteiger partial charge on any atom is -0.468 e. The standard InChI is InChI=1S/C9H17NO6S/c1-4-5-17(13,14)10(6-8(11)15-2)7-9(12)16-3/h4-7H2,1-3H3. The maximum atomic E-state index is 11.7. The predicted octanol–water partition coefficient (Wildman–Crippen LogP) is -0.626. The molecule has 0 spiro atoms. The van der Waals surface area contributed by atoms with Gasteiger partial charge in [-0.2, -0.15) is 4.31 Å². The summed E-state index contributed by atoms with van der Waals surface area (Å²) < 4.78 is 33.0. The Balaban J connectivity index is 4.84. The van der Waals surface area contributed by atoms with Crippen LogP contribution in [-0.2, 0) is 29.1 Å². The summed E-state index contributed by atoms with van der Waals surface area (Å²) in [4.78, 5) is 22.1. The van der Waals surface area contributed by atoms with Gasteiger partial charge >= 0.3 is 11.9 Å². The monoisotopic (exact) mass is 267 g/mol. The van der Waals surface area contributed by atoms with Gasteiger partial charge in [0.15, 0.2) is 0 Å². The number of sulfonamides is 1. The summed E-state index contributed by atoms with van der Waals surface area (Å²) in [5, 5.41) is 0. The average Bonchev–Trinajstić information content (AvgIpc) is 2.27. The summed E-state index contributed by atoms with van der Waals surface area (Å²) in [6.07, 6.45) is 0.390. The van der Waals surface area contributed by atoms with Crippen LogP contribution in [0.2, 0.25) is 0 Å². The Hall–Kier alpha value is -1.15. The molecule has 0 atom stereocenters. The molecule has 0 bridgehead atoms. The van der Waals surface area contributed by atoms with Gasteiger partial charge in [0, 0.05) is 0 Å². The van der Waals surface area contributed by atoms with Crippen molar-refractivity contribution in [3.63, 3.8) is 0 Å². The Labute approximate surface area is 101 Å². The summed E-state index contributed by atoms with van der Waals surface area (Å²) in [6.45, 7) is 0.702. The van der Waals surface area contributed by atoms with Crippen LogP contribution in [0.5, 0.6) is 0 Å². The molecule has 0 amide bonds. The van der Waals surface area contributed by atoms with Crippen LogP contribution < -0.4 is 0 Å². The fraction of sp³-hybridized carbons (Fsp3) is 0.778. The quantitative estimate of drug-likeness (QED) is 0.571. The SMILES string of the molecule is CCCS(=O)(=O)N(CC(=O)OC)CC(=O)OC. The Bertz CT molecular complexity index is 346. The third-order valence-corrected chi connectivity index (χ3v) is 3.89. The number of hydrogen-bond acceptors (Lipinski definition) is 6. The number of methoxy groups -OCH3 is 2. The summed E-state index contributed by atoms with van der Waals surface area (Å²) in [6, 6.07) is 0. The molecule has 0 rings (SSSR count). The topological polar surface area (TPSA) is 90.0 Å². The van der Waals surface area contributed by atoms with Crippen molar-refractivity contribution in [3.05, 3.63) is 0 Å². The Morgan fingerprint density at radius 2 is 1.47 bits per heavy atom. The van der Waals surface area contributed by atoms with E-state index in [1.165, 1.54) is 0 Å². The molecule has 0 heterocycles. The van der Waals surface area contributed by atoms with Crippen LogP contribution in [0.15, 0.2) is 0 Å². The maximum Gasteiger partial charge on any atom is 0.321 e. The molecule has 7 nitrogen and oxygen atoms in total. The summed E-state index contributed by atoms with van der Waals surface area (Å²) in [5.41, 5.74) is 0. The molecule has 0 unspecified atom stereocenters. The second kappa shape index (κ2) is 7.23. The van der Waals surface area contributed by atoms with E-state index in [-0.39, 0.29) is 5.75 Å². The second-order valence-electron chi connectivity index (χ2n) is 3.24. The molecule has 17 heavy (non-hydrogen) atoms. The smallest absolute Gasteiger partial charge is 0.321 e. The lowest BCUT2D eigenvalue weighted by Gasteiger charge is -2.19. The molecule has 0 aliphatic heterocycles. The van der Waals surface area contributed by atoms with E-state index < -0.39 is 35.1 Å². The minimum atomic E-state index is -3.65. The highest BCUT2D eigenvalue weighted by atomic mass is 32.2. The van der Waals surface area contributed by atoms with Crippen LogP contribution >= 0.6 is 0 Å². The van der Waals surface area contributed by atoms with Crippen LogP contribution in [0.25, 0.3) is 0 Å². The Morgan fingerprint density at radius 3 is 1.76 bits per heavy atom. The molecular weight excluding hydrogens is 250 g/mol. The van der Waals surface area contributed by atoms with Crippen LogP contribution in [0, 0.1) is 0 Å². The summed E-state index contributed by atoms with van der Waals surface area (Å²) in [5.74, 6) is -1.59. The molecule has 8 heteroatoms. The highest BCUT2D eigenvalue weighted by Gasteiger charge is 2.26. The van der Waals surface area contributed by atoms with Gasteiger partial charge in [-0.05, 0) is 6.42 Å². The van der Waals surface area contributed by atoms with E-state index in [4.69, 9.17) is 0 Å². The van der Waals surface area contributed by atoms with E-state index in [2.05, 4.69) is 9.47 Å². The van der Waals surface area contributed by atoms with Gasteiger partial charge in [0.1, 0.15) is 13.1 Å². The number of esters is 2. The Kier molecular flexibility index (Phi) is 6.74. The van der Waals surface area contributed by atoms with Crippen molar-refractivity contribution < 1.29 is 27.5 Å². The lowest BCUT2D eigenvalue weighted by atomic mass is 10.6. The van der Waals surface area contributed by atoms with E-state index in [9.17, 15) is 18.0 Å². The third-order valence-electron chi connectivity index (χ3n) is 1.92. The molecule has 0 saturated heterocycles. The van der Waals surface area contributed by atoms with Crippen molar-refractivity contribution in [2.75, 3.05) is 33.1 Å². The average molecular weight is 267 g/mol. The van der Waals surface area contributed by atoms with E-state index in [1.54, 1.807) is 6.92 Å². The van der Waals surface area contributed by atoms with Crippen LogP contribution in [0.1, 0.15) is 13.3 Å². The zero-order valence-electron chi connectivity index (χ0n) is 10.1. The van der Waals surface area contributed by atoms with Crippen molar-refractivity contribution in [2.45, 2.75) is 13.3 Å². The number of rotatable bonds is 7. The van der Waals surface area contributed by atoms with Crippen LogP contribution in [0.3, 0.4) is 0 Å². The van der Waals surface area contributed by atoms with Gasteiger partial charge in [0.2, 0.25) is 10.0 Å². The highest BCUT2D eigenvalue weighted by molar-refractivity contribution is 7.89. The first-order valence-electron chi connectivity index (χ1n) is 4.98. The molecule has 0 aliphatic carbocycles. The maximum absolute atomic E-state index is 11.7. The van der Waals surface area contributed by atoms with E-state index >= 15 is 0 Å². The van der Waals surface area contributed by atoms with Gasteiger partial charge in [-0.15, -0.1) is 0 Å². The molecule has 0 aromatic carbocycles. The molecule has 0 aromatic rings. The summed E-state index contributed by atoms with van der Waals surface area (Å²) >= 11 is 0. The van der Waals surface area contributed by atoms with Crippen molar-refractivity contribution in [1.29, 1.82) is 0 Å². The molecule has 100 valence electrons. The fourth-order valence-corrected chi connectivity index (χ4v) is 2.44. The Morgan fingerprint density at radius 1 is 1.06 bits per heavy atom. The van der Waals surface area contributed by atoms with Gasteiger partial charge in [-0.1, -0.05) is 6.92 Å². The first-order valence-corrected chi connectivity index (χ1v) is 6.59. The van der Waals surface area contributed by atoms with Crippen LogP contribution in [0.4, 0.5) is 0 Å². The predicted molar refractivity (Wildman–Crippen MR) is 59.7 cm³/mol. The zero-order chi connectivity index (χ0) is 13.5. The largest absolute Gasteiger partial charge is 0.468 e. The molecule has 0 radical (unpaired) electrons. The van der Waals surface area contributed by atoms with Gasteiger partial charge in [-0.3, -0.25) is 9.59 Å². The van der Waals surface area contributed by atoms with Crippen LogP contribution in [-0.4, -0.2) is 57.7 Å². The number of carbonyl (C=O) groups excluding carboxylic acids is 2. The number of nitrogens with zero attached hydrogens (tertiary/aromatic N) is 1. The van der Waals surface area contributed by atoms with Gasteiger partial charge < -0.3 is 9.47 Å². The fourth-order valence-electron chi connectivity index (χ4n) is 1.06. The zero-order valence-corrected chi connectivity index (χ0v) is 10.9. The lowest BCUT2D eigenvalue weighted by molar-refractivity contribution is -0.143. The molecule has 0 aliphatic rings. The number of ether oxygens (including phenoxy) is 2. The summed E-state index contributed by atoms with van der Waals surface area (Å²) in [7, 11) is -1.36. The first kappa shape index (κ1) is 15.9. The molecule has 0 aromatic heterocycles. The van der Waals surface area contributed by atoms with Crippen molar-refractivity contribution >= 4 is 22.0 Å². The van der Waals surface area contributed by atoms with Gasteiger partial charge in [-0.25, -0.2) is 8.42 Å². The van der Waals surface area contributed by atoms with Gasteiger partial charge in [0.25, 0.3) is 0 Å². The number of carbonyl (C=O) groups is 2. The van der Waals surface area contributed by atoms with Crippen molar-refractivity contribution in [3.8, 4) is 0 Å². The third kappa shape index (κ3) is 5.64.